The van der Waals surface area contributed by atoms with Crippen LogP contribution in [-0.4, -0.2) is 71.7 Å². The topological polar surface area (TPSA) is 87.5 Å². The van der Waals surface area contributed by atoms with Gasteiger partial charge in [-0.3, -0.25) is 0 Å². The van der Waals surface area contributed by atoms with E-state index in [0.29, 0.717) is 32.0 Å². The van der Waals surface area contributed by atoms with Crippen molar-refractivity contribution in [2.24, 2.45) is 7.05 Å². The SMILES string of the molecule is Cc1nc(S(=O)(=O)N2CCN(c3ccc(N4CCCC4)nn3)CC2)cn1C. The second-order valence-electron chi connectivity index (χ2n) is 7.07. The highest BCUT2D eigenvalue weighted by molar-refractivity contribution is 7.89. The van der Waals surface area contributed by atoms with Crippen molar-refractivity contribution in [2.75, 3.05) is 49.1 Å². The van der Waals surface area contributed by atoms with Crippen LogP contribution >= 0.6 is 0 Å². The molecule has 2 aromatic heterocycles. The van der Waals surface area contributed by atoms with Crippen LogP contribution in [0, 0.1) is 6.92 Å². The van der Waals surface area contributed by atoms with Gasteiger partial charge in [0.15, 0.2) is 16.7 Å². The van der Waals surface area contributed by atoms with Crippen LogP contribution in [0.2, 0.25) is 0 Å². The average molecular weight is 392 g/mol. The Bertz CT molecular complexity index is 876. The lowest BCUT2D eigenvalue weighted by Crippen LogP contribution is -2.49. The summed E-state index contributed by atoms with van der Waals surface area (Å²) in [5.41, 5.74) is 0. The Morgan fingerprint density at radius 2 is 1.44 bits per heavy atom. The van der Waals surface area contributed by atoms with Gasteiger partial charge < -0.3 is 14.4 Å². The van der Waals surface area contributed by atoms with Crippen LogP contribution in [0.5, 0.6) is 0 Å². The Hall–Kier alpha value is -2.20. The van der Waals surface area contributed by atoms with Crippen molar-refractivity contribution in [3.8, 4) is 0 Å². The summed E-state index contributed by atoms with van der Waals surface area (Å²) in [5, 5.41) is 8.83. The molecule has 9 nitrogen and oxygen atoms in total. The Morgan fingerprint density at radius 1 is 0.889 bits per heavy atom. The average Bonchev–Trinajstić information content (AvgIpc) is 3.33. The van der Waals surface area contributed by atoms with Crippen molar-refractivity contribution in [1.29, 1.82) is 0 Å². The van der Waals surface area contributed by atoms with E-state index in [1.54, 1.807) is 24.7 Å². The number of aryl methyl sites for hydroxylation is 2. The minimum absolute atomic E-state index is 0.116. The van der Waals surface area contributed by atoms with Crippen LogP contribution in [0.3, 0.4) is 0 Å². The third kappa shape index (κ3) is 3.51. The van der Waals surface area contributed by atoms with Gasteiger partial charge in [0, 0.05) is 52.5 Å². The largest absolute Gasteiger partial charge is 0.355 e. The van der Waals surface area contributed by atoms with Gasteiger partial charge in [0.05, 0.1) is 0 Å². The lowest BCUT2D eigenvalue weighted by atomic mass is 10.3. The Balaban J connectivity index is 1.41. The summed E-state index contributed by atoms with van der Waals surface area (Å²) >= 11 is 0. The normalized spacial score (nSPS) is 19.0. The summed E-state index contributed by atoms with van der Waals surface area (Å²) in [4.78, 5) is 8.50. The maximum Gasteiger partial charge on any atom is 0.262 e. The molecule has 0 bridgehead atoms. The number of piperazine rings is 1. The second kappa shape index (κ2) is 7.08. The number of rotatable bonds is 4. The summed E-state index contributed by atoms with van der Waals surface area (Å²) in [6.07, 6.45) is 3.98. The molecule has 10 heteroatoms. The Morgan fingerprint density at radius 3 is 1.93 bits per heavy atom. The van der Waals surface area contributed by atoms with E-state index in [1.165, 1.54) is 17.1 Å². The highest BCUT2D eigenvalue weighted by Crippen LogP contribution is 2.22. The minimum atomic E-state index is -3.56. The molecule has 4 rings (SSSR count). The third-order valence-corrected chi connectivity index (χ3v) is 7.09. The fourth-order valence-electron chi connectivity index (χ4n) is 3.54. The first-order chi connectivity index (χ1) is 12.9. The van der Waals surface area contributed by atoms with Crippen molar-refractivity contribution in [3.63, 3.8) is 0 Å². The molecule has 0 aliphatic carbocycles. The van der Waals surface area contributed by atoms with Gasteiger partial charge in [-0.15, -0.1) is 10.2 Å². The molecule has 2 aliphatic heterocycles. The number of nitrogens with zero attached hydrogens (tertiary/aromatic N) is 7. The molecule has 0 spiro atoms. The zero-order valence-corrected chi connectivity index (χ0v) is 16.6. The summed E-state index contributed by atoms with van der Waals surface area (Å²) in [6.45, 7) is 5.86. The zero-order valence-electron chi connectivity index (χ0n) is 15.7. The molecule has 2 aromatic rings. The first kappa shape index (κ1) is 18.2. The van der Waals surface area contributed by atoms with Crippen molar-refractivity contribution < 1.29 is 8.42 Å². The Kier molecular flexibility index (Phi) is 4.77. The predicted molar refractivity (Wildman–Crippen MR) is 102 cm³/mol. The van der Waals surface area contributed by atoms with E-state index in [1.807, 2.05) is 12.1 Å². The van der Waals surface area contributed by atoms with E-state index >= 15 is 0 Å². The highest BCUT2D eigenvalue weighted by atomic mass is 32.2. The van der Waals surface area contributed by atoms with Crippen LogP contribution in [0.25, 0.3) is 0 Å². The van der Waals surface area contributed by atoms with Gasteiger partial charge in [-0.1, -0.05) is 0 Å². The number of hydrogen-bond donors (Lipinski definition) is 0. The van der Waals surface area contributed by atoms with Crippen LogP contribution < -0.4 is 9.80 Å². The third-order valence-electron chi connectivity index (χ3n) is 5.32. The molecular formula is C17H25N7O2S. The van der Waals surface area contributed by atoms with Crippen molar-refractivity contribution >= 4 is 21.7 Å². The smallest absolute Gasteiger partial charge is 0.262 e. The molecule has 0 N–H and O–H groups in total. The fourth-order valence-corrected chi connectivity index (χ4v) is 4.99. The van der Waals surface area contributed by atoms with Gasteiger partial charge in [-0.25, -0.2) is 13.4 Å². The van der Waals surface area contributed by atoms with Gasteiger partial charge in [-0.2, -0.15) is 4.31 Å². The highest BCUT2D eigenvalue weighted by Gasteiger charge is 2.31. The summed E-state index contributed by atoms with van der Waals surface area (Å²) in [6, 6.07) is 3.99. The molecule has 0 saturated carbocycles. The maximum absolute atomic E-state index is 12.8. The van der Waals surface area contributed by atoms with Crippen molar-refractivity contribution in [3.05, 3.63) is 24.2 Å². The van der Waals surface area contributed by atoms with Crippen LogP contribution in [0.4, 0.5) is 11.6 Å². The number of sulfonamides is 1. The molecule has 0 amide bonds. The first-order valence-electron chi connectivity index (χ1n) is 9.29. The van der Waals surface area contributed by atoms with Crippen LogP contribution in [0.15, 0.2) is 23.4 Å². The molecular weight excluding hydrogens is 366 g/mol. The van der Waals surface area contributed by atoms with Gasteiger partial charge >= 0.3 is 0 Å². The predicted octanol–water partition coefficient (Wildman–Crippen LogP) is 0.630. The molecule has 27 heavy (non-hydrogen) atoms. The quantitative estimate of drug-likeness (QED) is 0.755. The first-order valence-corrected chi connectivity index (χ1v) is 10.7. The Labute approximate surface area is 159 Å². The zero-order chi connectivity index (χ0) is 19.0. The summed E-state index contributed by atoms with van der Waals surface area (Å²) < 4.78 is 28.8. The minimum Gasteiger partial charge on any atom is -0.355 e. The van der Waals surface area contributed by atoms with Crippen LogP contribution in [0.1, 0.15) is 18.7 Å². The van der Waals surface area contributed by atoms with E-state index < -0.39 is 10.0 Å². The molecule has 4 heterocycles. The lowest BCUT2D eigenvalue weighted by molar-refractivity contribution is 0.382. The van der Waals surface area contributed by atoms with Gasteiger partial charge in [-0.05, 0) is 31.9 Å². The molecule has 0 atom stereocenters. The van der Waals surface area contributed by atoms with E-state index in [2.05, 4.69) is 25.0 Å². The molecule has 0 aromatic carbocycles. The van der Waals surface area contributed by atoms with Crippen molar-refractivity contribution in [1.82, 2.24) is 24.1 Å². The monoisotopic (exact) mass is 391 g/mol. The van der Waals surface area contributed by atoms with Gasteiger partial charge in [0.1, 0.15) is 5.82 Å². The maximum atomic E-state index is 12.8. The summed E-state index contributed by atoms with van der Waals surface area (Å²) in [5.74, 6) is 2.40. The standard InChI is InChI=1S/C17H25N7O2S/c1-14-18-17(13-21(14)2)27(25,26)24-11-9-23(10-12-24)16-6-5-15(19-20-16)22-7-3-4-8-22/h5-6,13H,3-4,7-12H2,1-2H3. The lowest BCUT2D eigenvalue weighted by Gasteiger charge is -2.34. The number of anilines is 2. The molecule has 146 valence electrons. The van der Waals surface area contributed by atoms with Crippen LogP contribution in [-0.2, 0) is 17.1 Å². The molecule has 0 radical (unpaired) electrons. The molecule has 0 unspecified atom stereocenters. The van der Waals surface area contributed by atoms with E-state index in [9.17, 15) is 8.42 Å². The number of imidazole rings is 1. The van der Waals surface area contributed by atoms with Crippen molar-refractivity contribution in [2.45, 2.75) is 24.8 Å². The van der Waals surface area contributed by atoms with E-state index in [4.69, 9.17) is 0 Å². The molecule has 2 aliphatic rings. The van der Waals surface area contributed by atoms with Gasteiger partial charge in [0.25, 0.3) is 10.0 Å². The summed E-state index contributed by atoms with van der Waals surface area (Å²) in [7, 11) is -1.76. The van der Waals surface area contributed by atoms with E-state index in [-0.39, 0.29) is 5.03 Å². The molecule has 2 saturated heterocycles. The number of aromatic nitrogens is 4. The number of hydrogen-bond acceptors (Lipinski definition) is 7. The van der Waals surface area contributed by atoms with Gasteiger partial charge in [0.2, 0.25) is 0 Å². The fraction of sp³-hybridized carbons (Fsp3) is 0.588. The second-order valence-corrected chi connectivity index (χ2v) is 8.96. The molecule has 2 fully saturated rings. The van der Waals surface area contributed by atoms with E-state index in [0.717, 1.165) is 24.7 Å².